The summed E-state index contributed by atoms with van der Waals surface area (Å²) in [5.74, 6) is 2.37. The van der Waals surface area contributed by atoms with E-state index in [9.17, 15) is 0 Å². The van der Waals surface area contributed by atoms with E-state index >= 15 is 0 Å². The number of rotatable bonds is 3. The van der Waals surface area contributed by atoms with Crippen LogP contribution in [0.25, 0.3) is 0 Å². The van der Waals surface area contributed by atoms with Crippen LogP contribution in [0.1, 0.15) is 38.4 Å². The Bertz CT molecular complexity index is 299. The van der Waals surface area contributed by atoms with Crippen LogP contribution in [0.15, 0.2) is 6.33 Å². The van der Waals surface area contributed by atoms with Crippen LogP contribution >= 0.6 is 0 Å². The van der Waals surface area contributed by atoms with Gasteiger partial charge in [0.25, 0.3) is 0 Å². The fraction of sp³-hybridized carbons (Fsp3) is 0.818. The molecule has 2 heterocycles. The van der Waals surface area contributed by atoms with Gasteiger partial charge in [0.15, 0.2) is 0 Å². The van der Waals surface area contributed by atoms with Crippen molar-refractivity contribution in [3.63, 3.8) is 0 Å². The highest BCUT2D eigenvalue weighted by Crippen LogP contribution is 2.21. The highest BCUT2D eigenvalue weighted by atomic mass is 15.3. The van der Waals surface area contributed by atoms with E-state index in [1.165, 1.54) is 12.8 Å². The Morgan fingerprint density at radius 1 is 1.60 bits per heavy atom. The smallest absolute Gasteiger partial charge is 0.137 e. The molecular weight excluding hydrogens is 188 g/mol. The van der Waals surface area contributed by atoms with Gasteiger partial charge in [0, 0.05) is 19.0 Å². The minimum atomic E-state index is 0.556. The van der Waals surface area contributed by atoms with Crippen molar-refractivity contribution < 1.29 is 0 Å². The van der Waals surface area contributed by atoms with E-state index < -0.39 is 0 Å². The number of hydrogen-bond acceptors (Lipinski definition) is 3. The molecule has 0 amide bonds. The summed E-state index contributed by atoms with van der Waals surface area (Å²) in [4.78, 5) is 0. The number of nitrogens with zero attached hydrogens (tertiary/aromatic N) is 3. The van der Waals surface area contributed by atoms with Gasteiger partial charge in [-0.1, -0.05) is 13.8 Å². The average molecular weight is 208 g/mol. The van der Waals surface area contributed by atoms with E-state index in [0.717, 1.165) is 25.5 Å². The summed E-state index contributed by atoms with van der Waals surface area (Å²) in [7, 11) is 0. The Kier molecular flexibility index (Phi) is 3.36. The van der Waals surface area contributed by atoms with Crippen molar-refractivity contribution in [2.45, 2.75) is 39.2 Å². The SMILES string of the molecule is CC(C)Cn1cnnc1C1CCCNC1. The van der Waals surface area contributed by atoms with Crippen LogP contribution in [0.4, 0.5) is 0 Å². The summed E-state index contributed by atoms with van der Waals surface area (Å²) in [6.07, 6.45) is 4.35. The lowest BCUT2D eigenvalue weighted by Gasteiger charge is -2.22. The van der Waals surface area contributed by atoms with Gasteiger partial charge in [0.1, 0.15) is 12.2 Å². The second kappa shape index (κ2) is 4.75. The van der Waals surface area contributed by atoms with Gasteiger partial charge in [-0.3, -0.25) is 0 Å². The molecule has 0 aromatic carbocycles. The number of hydrogen-bond donors (Lipinski definition) is 1. The normalized spacial score (nSPS) is 22.2. The molecule has 84 valence electrons. The number of aromatic nitrogens is 3. The Morgan fingerprint density at radius 2 is 2.47 bits per heavy atom. The predicted octanol–water partition coefficient (Wildman–Crippen LogP) is 1.40. The molecule has 1 aromatic heterocycles. The minimum absolute atomic E-state index is 0.556. The fourth-order valence-corrected chi connectivity index (χ4v) is 2.19. The molecule has 4 heteroatoms. The Hall–Kier alpha value is -0.900. The third-order valence-corrected chi connectivity index (χ3v) is 2.87. The summed E-state index contributed by atoms with van der Waals surface area (Å²) >= 11 is 0. The zero-order chi connectivity index (χ0) is 10.7. The first-order chi connectivity index (χ1) is 7.27. The first-order valence-corrected chi connectivity index (χ1v) is 5.86. The summed E-state index contributed by atoms with van der Waals surface area (Å²) in [6.45, 7) is 7.68. The molecule has 0 bridgehead atoms. The second-order valence-corrected chi connectivity index (χ2v) is 4.78. The first-order valence-electron chi connectivity index (χ1n) is 5.86. The van der Waals surface area contributed by atoms with Crippen molar-refractivity contribution in [2.24, 2.45) is 5.92 Å². The third-order valence-electron chi connectivity index (χ3n) is 2.87. The van der Waals surface area contributed by atoms with Gasteiger partial charge in [-0.05, 0) is 25.3 Å². The van der Waals surface area contributed by atoms with E-state index in [-0.39, 0.29) is 0 Å². The summed E-state index contributed by atoms with van der Waals surface area (Å²) in [6, 6.07) is 0. The van der Waals surface area contributed by atoms with Crippen molar-refractivity contribution >= 4 is 0 Å². The van der Waals surface area contributed by atoms with Crippen LogP contribution in [0, 0.1) is 5.92 Å². The van der Waals surface area contributed by atoms with Crippen LogP contribution in [0.2, 0.25) is 0 Å². The molecule has 4 nitrogen and oxygen atoms in total. The third kappa shape index (κ3) is 2.56. The van der Waals surface area contributed by atoms with Crippen molar-refractivity contribution in [2.75, 3.05) is 13.1 Å². The number of nitrogens with one attached hydrogen (secondary N) is 1. The molecular formula is C11H20N4. The molecule has 0 aliphatic carbocycles. The van der Waals surface area contributed by atoms with Crippen molar-refractivity contribution in [1.29, 1.82) is 0 Å². The van der Waals surface area contributed by atoms with Gasteiger partial charge in [-0.25, -0.2) is 0 Å². The highest BCUT2D eigenvalue weighted by molar-refractivity contribution is 4.99. The van der Waals surface area contributed by atoms with Crippen molar-refractivity contribution in [3.05, 3.63) is 12.2 Å². The van der Waals surface area contributed by atoms with Crippen molar-refractivity contribution in [1.82, 2.24) is 20.1 Å². The van der Waals surface area contributed by atoms with Crippen LogP contribution in [-0.4, -0.2) is 27.9 Å². The van der Waals surface area contributed by atoms with E-state index in [0.29, 0.717) is 11.8 Å². The first kappa shape index (κ1) is 10.6. The summed E-state index contributed by atoms with van der Waals surface area (Å²) in [5.41, 5.74) is 0. The number of piperidine rings is 1. The summed E-state index contributed by atoms with van der Waals surface area (Å²) < 4.78 is 2.21. The molecule has 2 rings (SSSR count). The average Bonchev–Trinajstić information content (AvgIpc) is 2.66. The Labute approximate surface area is 91.1 Å². The second-order valence-electron chi connectivity index (χ2n) is 4.78. The lowest BCUT2D eigenvalue weighted by molar-refractivity contribution is 0.417. The molecule has 1 unspecified atom stereocenters. The van der Waals surface area contributed by atoms with Gasteiger partial charge in [0.2, 0.25) is 0 Å². The molecule has 15 heavy (non-hydrogen) atoms. The topological polar surface area (TPSA) is 42.7 Å². The van der Waals surface area contributed by atoms with E-state index in [2.05, 4.69) is 33.9 Å². The monoisotopic (exact) mass is 208 g/mol. The molecule has 0 saturated carbocycles. The van der Waals surface area contributed by atoms with Crippen LogP contribution < -0.4 is 5.32 Å². The lowest BCUT2D eigenvalue weighted by Crippen LogP contribution is -2.30. The fourth-order valence-electron chi connectivity index (χ4n) is 2.19. The minimum Gasteiger partial charge on any atom is -0.317 e. The van der Waals surface area contributed by atoms with E-state index in [4.69, 9.17) is 0 Å². The maximum absolute atomic E-state index is 4.27. The molecule has 1 aliphatic heterocycles. The summed E-state index contributed by atoms with van der Waals surface area (Å²) in [5, 5.41) is 11.7. The molecule has 0 radical (unpaired) electrons. The van der Waals surface area contributed by atoms with Crippen LogP contribution in [0.3, 0.4) is 0 Å². The molecule has 1 fully saturated rings. The molecule has 1 aliphatic rings. The predicted molar refractivity (Wildman–Crippen MR) is 59.7 cm³/mol. The van der Waals surface area contributed by atoms with Gasteiger partial charge < -0.3 is 9.88 Å². The molecule has 1 saturated heterocycles. The lowest BCUT2D eigenvalue weighted by atomic mass is 9.99. The largest absolute Gasteiger partial charge is 0.317 e. The van der Waals surface area contributed by atoms with Gasteiger partial charge in [0.05, 0.1) is 0 Å². The van der Waals surface area contributed by atoms with Gasteiger partial charge in [-0.15, -0.1) is 10.2 Å². The van der Waals surface area contributed by atoms with Gasteiger partial charge >= 0.3 is 0 Å². The maximum Gasteiger partial charge on any atom is 0.137 e. The Morgan fingerprint density at radius 3 is 3.13 bits per heavy atom. The molecule has 0 spiro atoms. The zero-order valence-corrected chi connectivity index (χ0v) is 9.61. The quantitative estimate of drug-likeness (QED) is 0.816. The van der Waals surface area contributed by atoms with Crippen LogP contribution in [-0.2, 0) is 6.54 Å². The highest BCUT2D eigenvalue weighted by Gasteiger charge is 2.20. The molecule has 1 atom stereocenters. The van der Waals surface area contributed by atoms with Crippen molar-refractivity contribution in [3.8, 4) is 0 Å². The van der Waals surface area contributed by atoms with E-state index in [1.54, 1.807) is 0 Å². The van der Waals surface area contributed by atoms with Gasteiger partial charge in [-0.2, -0.15) is 0 Å². The standard InChI is InChI=1S/C11H20N4/c1-9(2)7-15-8-13-14-11(15)10-4-3-5-12-6-10/h8-10,12H,3-7H2,1-2H3. The maximum atomic E-state index is 4.27. The van der Waals surface area contributed by atoms with Crippen LogP contribution in [0.5, 0.6) is 0 Å². The zero-order valence-electron chi connectivity index (χ0n) is 9.61. The van der Waals surface area contributed by atoms with E-state index in [1.807, 2.05) is 6.33 Å². The molecule has 1 aromatic rings. The Balaban J connectivity index is 2.09. The molecule has 1 N–H and O–H groups in total.